The van der Waals surface area contributed by atoms with Crippen molar-refractivity contribution in [2.24, 2.45) is 0 Å². The van der Waals surface area contributed by atoms with E-state index in [0.29, 0.717) is 16.6 Å². The molecule has 0 saturated carbocycles. The second-order valence-corrected chi connectivity index (χ2v) is 8.13. The molecule has 1 aromatic heterocycles. The van der Waals surface area contributed by atoms with Crippen LogP contribution in [0, 0.1) is 6.92 Å². The van der Waals surface area contributed by atoms with Crippen LogP contribution in [0.5, 0.6) is 0 Å². The molecule has 0 spiro atoms. The lowest BCUT2D eigenvalue weighted by atomic mass is 10.2. The van der Waals surface area contributed by atoms with Gasteiger partial charge < -0.3 is 5.32 Å². The summed E-state index contributed by atoms with van der Waals surface area (Å²) in [5, 5.41) is 5.54. The standard InChI is InChI=1S/C13H14Cl2N2O2S2/c1-8-3-11(15)12(5-10(8)14)17-21(18,19)13-4-9(6-16-2)7-20-13/h3-5,7,16-17H,6H2,1-2H3. The molecule has 21 heavy (non-hydrogen) atoms. The summed E-state index contributed by atoms with van der Waals surface area (Å²) < 4.78 is 27.4. The second kappa shape index (κ2) is 6.54. The molecule has 0 bridgehead atoms. The molecule has 4 nitrogen and oxygen atoms in total. The molecule has 2 N–H and O–H groups in total. The number of hydrogen-bond donors (Lipinski definition) is 2. The van der Waals surface area contributed by atoms with Crippen molar-refractivity contribution in [2.75, 3.05) is 11.8 Å². The van der Waals surface area contributed by atoms with Gasteiger partial charge in [-0.05, 0) is 48.7 Å². The maximum absolute atomic E-state index is 12.3. The minimum atomic E-state index is -3.67. The molecule has 0 aliphatic carbocycles. The predicted molar refractivity (Wildman–Crippen MR) is 89.1 cm³/mol. The number of anilines is 1. The lowest BCUT2D eigenvalue weighted by Gasteiger charge is -2.10. The Bertz CT molecular complexity index is 758. The lowest BCUT2D eigenvalue weighted by molar-refractivity contribution is 0.603. The van der Waals surface area contributed by atoms with Crippen LogP contribution in [0.25, 0.3) is 0 Å². The van der Waals surface area contributed by atoms with Crippen molar-refractivity contribution < 1.29 is 8.42 Å². The Balaban J connectivity index is 2.30. The molecule has 1 aromatic carbocycles. The van der Waals surface area contributed by atoms with Crippen molar-refractivity contribution in [2.45, 2.75) is 17.7 Å². The summed E-state index contributed by atoms with van der Waals surface area (Å²) >= 11 is 13.2. The molecule has 0 unspecified atom stereocenters. The van der Waals surface area contributed by atoms with Crippen LogP contribution in [-0.2, 0) is 16.6 Å². The number of aryl methyl sites for hydroxylation is 1. The van der Waals surface area contributed by atoms with E-state index < -0.39 is 10.0 Å². The third-order valence-electron chi connectivity index (χ3n) is 2.77. The summed E-state index contributed by atoms with van der Waals surface area (Å²) in [5.74, 6) is 0. The van der Waals surface area contributed by atoms with Gasteiger partial charge >= 0.3 is 0 Å². The van der Waals surface area contributed by atoms with E-state index in [1.165, 1.54) is 6.07 Å². The fourth-order valence-electron chi connectivity index (χ4n) is 1.71. The first-order valence-corrected chi connectivity index (χ1v) is 9.16. The van der Waals surface area contributed by atoms with Gasteiger partial charge in [0, 0.05) is 11.6 Å². The molecule has 114 valence electrons. The Labute approximate surface area is 138 Å². The highest BCUT2D eigenvalue weighted by molar-refractivity contribution is 7.94. The Kier molecular flexibility index (Phi) is 5.16. The maximum Gasteiger partial charge on any atom is 0.271 e. The molecule has 0 saturated heterocycles. The number of rotatable bonds is 5. The summed E-state index contributed by atoms with van der Waals surface area (Å²) in [7, 11) is -1.86. The van der Waals surface area contributed by atoms with E-state index in [1.807, 2.05) is 0 Å². The van der Waals surface area contributed by atoms with Crippen molar-refractivity contribution in [1.82, 2.24) is 5.32 Å². The van der Waals surface area contributed by atoms with E-state index in [-0.39, 0.29) is 9.90 Å². The largest absolute Gasteiger partial charge is 0.316 e. The van der Waals surface area contributed by atoms with E-state index in [1.54, 1.807) is 31.5 Å². The number of thiophene rings is 1. The van der Waals surface area contributed by atoms with E-state index >= 15 is 0 Å². The molecule has 8 heteroatoms. The first-order valence-electron chi connectivity index (χ1n) is 6.04. The monoisotopic (exact) mass is 364 g/mol. The van der Waals surface area contributed by atoms with Gasteiger partial charge in [0.15, 0.2) is 0 Å². The van der Waals surface area contributed by atoms with E-state index in [4.69, 9.17) is 23.2 Å². The molecular weight excluding hydrogens is 351 g/mol. The van der Waals surface area contributed by atoms with Crippen molar-refractivity contribution in [1.29, 1.82) is 0 Å². The SMILES string of the molecule is CNCc1csc(S(=O)(=O)Nc2cc(Cl)c(C)cc2Cl)c1. The highest BCUT2D eigenvalue weighted by atomic mass is 35.5. The van der Waals surface area contributed by atoms with Gasteiger partial charge in [0.1, 0.15) is 4.21 Å². The first-order chi connectivity index (χ1) is 9.83. The van der Waals surface area contributed by atoms with Crippen LogP contribution in [0.1, 0.15) is 11.1 Å². The molecule has 2 aromatic rings. The smallest absolute Gasteiger partial charge is 0.271 e. The van der Waals surface area contributed by atoms with Crippen molar-refractivity contribution in [3.63, 3.8) is 0 Å². The zero-order valence-electron chi connectivity index (χ0n) is 11.4. The van der Waals surface area contributed by atoms with E-state index in [9.17, 15) is 8.42 Å². The predicted octanol–water partition coefficient (Wildman–Crippen LogP) is 3.88. The zero-order valence-corrected chi connectivity index (χ0v) is 14.6. The summed E-state index contributed by atoms with van der Waals surface area (Å²) in [5.41, 5.74) is 1.98. The molecule has 1 heterocycles. The van der Waals surface area contributed by atoms with Gasteiger partial charge in [0.25, 0.3) is 10.0 Å². The zero-order chi connectivity index (χ0) is 15.6. The summed E-state index contributed by atoms with van der Waals surface area (Å²) in [6.07, 6.45) is 0. The number of nitrogens with one attached hydrogen (secondary N) is 2. The van der Waals surface area contributed by atoms with Crippen LogP contribution in [0.15, 0.2) is 27.8 Å². The Morgan fingerprint density at radius 2 is 1.90 bits per heavy atom. The van der Waals surface area contributed by atoms with Crippen molar-refractivity contribution in [3.05, 3.63) is 44.8 Å². The number of benzene rings is 1. The van der Waals surface area contributed by atoms with E-state index in [0.717, 1.165) is 22.5 Å². The Morgan fingerprint density at radius 3 is 2.57 bits per heavy atom. The van der Waals surface area contributed by atoms with Crippen LogP contribution in [0.3, 0.4) is 0 Å². The fourth-order valence-corrected chi connectivity index (χ4v) is 4.48. The summed E-state index contributed by atoms with van der Waals surface area (Å²) in [4.78, 5) is 0. The van der Waals surface area contributed by atoms with Crippen LogP contribution >= 0.6 is 34.5 Å². The van der Waals surface area contributed by atoms with Gasteiger partial charge in [-0.25, -0.2) is 8.42 Å². The average Bonchev–Trinajstić information content (AvgIpc) is 2.86. The quantitative estimate of drug-likeness (QED) is 0.845. The third-order valence-corrected chi connectivity index (χ3v) is 6.34. The minimum Gasteiger partial charge on any atom is -0.316 e. The molecule has 2 rings (SSSR count). The maximum atomic E-state index is 12.3. The topological polar surface area (TPSA) is 58.2 Å². The Morgan fingerprint density at radius 1 is 1.19 bits per heavy atom. The van der Waals surface area contributed by atoms with E-state index in [2.05, 4.69) is 10.0 Å². The fraction of sp³-hybridized carbons (Fsp3) is 0.231. The molecule has 0 radical (unpaired) electrons. The summed E-state index contributed by atoms with van der Waals surface area (Å²) in [6.45, 7) is 2.42. The first kappa shape index (κ1) is 16.6. The highest BCUT2D eigenvalue weighted by Crippen LogP contribution is 2.31. The van der Waals surface area contributed by atoms with Gasteiger partial charge in [-0.3, -0.25) is 4.72 Å². The lowest BCUT2D eigenvalue weighted by Crippen LogP contribution is -2.12. The van der Waals surface area contributed by atoms with Gasteiger partial charge in [-0.2, -0.15) is 0 Å². The molecule has 0 aliphatic rings. The highest BCUT2D eigenvalue weighted by Gasteiger charge is 2.18. The summed E-state index contributed by atoms with van der Waals surface area (Å²) in [6, 6.07) is 4.77. The second-order valence-electron chi connectivity index (χ2n) is 4.49. The van der Waals surface area contributed by atoms with Crippen LogP contribution in [0.4, 0.5) is 5.69 Å². The minimum absolute atomic E-state index is 0.237. The normalized spacial score (nSPS) is 11.6. The van der Waals surface area contributed by atoms with Gasteiger partial charge in [-0.1, -0.05) is 23.2 Å². The average molecular weight is 365 g/mol. The van der Waals surface area contributed by atoms with Crippen LogP contribution in [0.2, 0.25) is 10.0 Å². The van der Waals surface area contributed by atoms with Crippen molar-refractivity contribution in [3.8, 4) is 0 Å². The molecule has 0 aliphatic heterocycles. The molecule has 0 amide bonds. The third kappa shape index (κ3) is 3.90. The van der Waals surface area contributed by atoms with Crippen molar-refractivity contribution >= 4 is 50.2 Å². The molecule has 0 fully saturated rings. The van der Waals surface area contributed by atoms with Gasteiger partial charge in [0.2, 0.25) is 0 Å². The number of hydrogen-bond acceptors (Lipinski definition) is 4. The number of halogens is 2. The van der Waals surface area contributed by atoms with Gasteiger partial charge in [-0.15, -0.1) is 11.3 Å². The van der Waals surface area contributed by atoms with Crippen LogP contribution < -0.4 is 10.0 Å². The molecule has 0 atom stereocenters. The Hall–Kier alpha value is -0.790. The van der Waals surface area contributed by atoms with Crippen LogP contribution in [-0.4, -0.2) is 15.5 Å². The number of sulfonamides is 1. The molecular formula is C13H14Cl2N2O2S2. The van der Waals surface area contributed by atoms with Gasteiger partial charge in [0.05, 0.1) is 10.7 Å².